The molecule has 1 aliphatic carbocycles. The molecule has 4 heterocycles. The van der Waals surface area contributed by atoms with Crippen molar-refractivity contribution in [1.29, 1.82) is 0 Å². The van der Waals surface area contributed by atoms with Gasteiger partial charge in [-0.2, -0.15) is 0 Å². The molecule has 2 aromatic rings. The third-order valence-electron chi connectivity index (χ3n) is 5.97. The molecule has 0 spiro atoms. The Morgan fingerprint density at radius 1 is 1.00 bits per heavy atom. The zero-order valence-electron chi connectivity index (χ0n) is 16.1. The fourth-order valence-electron chi connectivity index (χ4n) is 4.35. The molecule has 1 unspecified atom stereocenters. The number of hydrogen-bond donors (Lipinski definition) is 0. The lowest BCUT2D eigenvalue weighted by molar-refractivity contribution is 0.181. The quantitative estimate of drug-likeness (QED) is 0.803. The van der Waals surface area contributed by atoms with Crippen molar-refractivity contribution < 1.29 is 4.42 Å². The van der Waals surface area contributed by atoms with E-state index in [0.717, 1.165) is 56.1 Å². The average Bonchev–Trinajstić information content (AvgIpc) is 3.17. The van der Waals surface area contributed by atoms with E-state index in [2.05, 4.69) is 26.1 Å². The highest BCUT2D eigenvalue weighted by atomic mass is 16.4. The van der Waals surface area contributed by atoms with Gasteiger partial charge in [0.15, 0.2) is 0 Å². The normalized spacial score (nSPS) is 23.9. The Labute approximate surface area is 160 Å². The van der Waals surface area contributed by atoms with E-state index in [4.69, 9.17) is 14.4 Å². The fraction of sp³-hybridized carbons (Fsp3) is 0.700. The van der Waals surface area contributed by atoms with Gasteiger partial charge in [-0.25, -0.2) is 9.97 Å². The Bertz CT molecular complexity index is 796. The van der Waals surface area contributed by atoms with Gasteiger partial charge in [0.2, 0.25) is 11.8 Å². The molecule has 3 aliphatic rings. The summed E-state index contributed by atoms with van der Waals surface area (Å²) in [6.07, 6.45) is 7.28. The SMILES string of the molecule is Cc1nc(C2CCCN(Cc3nnc(C4CC4)o3)C2)cc(N2CCCC2)n1. The largest absolute Gasteiger partial charge is 0.424 e. The summed E-state index contributed by atoms with van der Waals surface area (Å²) in [6.45, 7) is 7.08. The molecule has 2 aromatic heterocycles. The molecule has 144 valence electrons. The number of aromatic nitrogens is 4. The molecule has 1 saturated carbocycles. The van der Waals surface area contributed by atoms with Gasteiger partial charge in [-0.15, -0.1) is 10.2 Å². The predicted octanol–water partition coefficient (Wildman–Crippen LogP) is 3.03. The second-order valence-electron chi connectivity index (χ2n) is 8.27. The van der Waals surface area contributed by atoms with Gasteiger partial charge in [-0.1, -0.05) is 0 Å². The van der Waals surface area contributed by atoms with E-state index in [-0.39, 0.29) is 0 Å². The maximum absolute atomic E-state index is 5.86. The van der Waals surface area contributed by atoms with E-state index in [0.29, 0.717) is 11.8 Å². The molecule has 7 nitrogen and oxygen atoms in total. The summed E-state index contributed by atoms with van der Waals surface area (Å²) < 4.78 is 5.86. The zero-order valence-corrected chi connectivity index (χ0v) is 16.1. The molecule has 0 N–H and O–H groups in total. The number of likely N-dealkylation sites (tertiary alicyclic amines) is 1. The van der Waals surface area contributed by atoms with Crippen LogP contribution in [0.5, 0.6) is 0 Å². The van der Waals surface area contributed by atoms with Crippen LogP contribution in [0.1, 0.15) is 73.7 Å². The van der Waals surface area contributed by atoms with Crippen molar-refractivity contribution in [2.24, 2.45) is 0 Å². The molecule has 0 aromatic carbocycles. The lowest BCUT2D eigenvalue weighted by Gasteiger charge is -2.32. The standard InChI is InChI=1S/C20H28N6O/c1-14-21-17(11-18(22-14)26-9-2-3-10-26)16-5-4-8-25(12-16)13-19-23-24-20(27-19)15-6-7-15/h11,15-16H,2-10,12-13H2,1H3. The number of piperidine rings is 1. The number of rotatable bonds is 5. The van der Waals surface area contributed by atoms with E-state index in [9.17, 15) is 0 Å². The summed E-state index contributed by atoms with van der Waals surface area (Å²) in [5, 5.41) is 8.48. The van der Waals surface area contributed by atoms with Crippen molar-refractivity contribution in [2.75, 3.05) is 31.1 Å². The molecule has 27 heavy (non-hydrogen) atoms. The van der Waals surface area contributed by atoms with Crippen molar-refractivity contribution in [2.45, 2.75) is 63.8 Å². The van der Waals surface area contributed by atoms with E-state index in [1.54, 1.807) is 0 Å². The van der Waals surface area contributed by atoms with Crippen LogP contribution in [0, 0.1) is 6.92 Å². The summed E-state index contributed by atoms with van der Waals surface area (Å²) in [5.74, 6) is 4.56. The Hall–Kier alpha value is -2.02. The van der Waals surface area contributed by atoms with E-state index < -0.39 is 0 Å². The molecule has 0 amide bonds. The first kappa shape index (κ1) is 17.1. The highest BCUT2D eigenvalue weighted by Crippen LogP contribution is 2.39. The third-order valence-corrected chi connectivity index (χ3v) is 5.97. The van der Waals surface area contributed by atoms with E-state index >= 15 is 0 Å². The van der Waals surface area contributed by atoms with Gasteiger partial charge in [-0.3, -0.25) is 4.90 Å². The second kappa shape index (κ2) is 7.19. The smallest absolute Gasteiger partial charge is 0.230 e. The van der Waals surface area contributed by atoms with Crippen molar-refractivity contribution in [3.05, 3.63) is 29.4 Å². The van der Waals surface area contributed by atoms with Gasteiger partial charge in [0, 0.05) is 37.5 Å². The maximum Gasteiger partial charge on any atom is 0.230 e. The van der Waals surface area contributed by atoms with Crippen molar-refractivity contribution in [3.63, 3.8) is 0 Å². The number of nitrogens with zero attached hydrogens (tertiary/aromatic N) is 6. The summed E-state index contributed by atoms with van der Waals surface area (Å²) >= 11 is 0. The molecule has 0 radical (unpaired) electrons. The van der Waals surface area contributed by atoms with Crippen LogP contribution in [-0.4, -0.2) is 51.2 Å². The van der Waals surface area contributed by atoms with Crippen molar-refractivity contribution >= 4 is 5.82 Å². The van der Waals surface area contributed by atoms with Crippen LogP contribution < -0.4 is 4.90 Å². The maximum atomic E-state index is 5.86. The summed E-state index contributed by atoms with van der Waals surface area (Å²) in [7, 11) is 0. The van der Waals surface area contributed by atoms with Crippen LogP contribution in [0.3, 0.4) is 0 Å². The molecule has 2 saturated heterocycles. The zero-order chi connectivity index (χ0) is 18.2. The number of anilines is 1. The van der Waals surface area contributed by atoms with Gasteiger partial charge in [0.1, 0.15) is 11.6 Å². The molecule has 0 bridgehead atoms. The average molecular weight is 368 g/mol. The second-order valence-corrected chi connectivity index (χ2v) is 8.27. The minimum atomic E-state index is 0.452. The Balaban J connectivity index is 1.28. The van der Waals surface area contributed by atoms with E-state index in [1.165, 1.54) is 44.2 Å². The number of aryl methyl sites for hydroxylation is 1. The molecule has 5 rings (SSSR count). The minimum absolute atomic E-state index is 0.452. The molecular formula is C20H28N6O. The van der Waals surface area contributed by atoms with Crippen molar-refractivity contribution in [1.82, 2.24) is 25.1 Å². The van der Waals surface area contributed by atoms with Crippen LogP contribution in [0.4, 0.5) is 5.82 Å². The third kappa shape index (κ3) is 3.83. The van der Waals surface area contributed by atoms with Crippen LogP contribution in [0.25, 0.3) is 0 Å². The number of hydrogen-bond acceptors (Lipinski definition) is 7. The van der Waals surface area contributed by atoms with Gasteiger partial charge in [-0.05, 0) is 52.0 Å². The first-order chi connectivity index (χ1) is 13.2. The minimum Gasteiger partial charge on any atom is -0.424 e. The molecule has 3 fully saturated rings. The van der Waals surface area contributed by atoms with Crippen molar-refractivity contribution in [3.8, 4) is 0 Å². The lowest BCUT2D eigenvalue weighted by atomic mass is 9.94. The Morgan fingerprint density at radius 2 is 1.85 bits per heavy atom. The highest BCUT2D eigenvalue weighted by molar-refractivity contribution is 5.41. The van der Waals surface area contributed by atoms with Crippen LogP contribution in [0.2, 0.25) is 0 Å². The molecule has 1 atom stereocenters. The van der Waals surface area contributed by atoms with E-state index in [1.807, 2.05) is 6.92 Å². The topological polar surface area (TPSA) is 71.2 Å². The van der Waals surface area contributed by atoms with Crippen LogP contribution in [-0.2, 0) is 6.54 Å². The predicted molar refractivity (Wildman–Crippen MR) is 102 cm³/mol. The summed E-state index contributed by atoms with van der Waals surface area (Å²) in [5.41, 5.74) is 1.19. The van der Waals surface area contributed by atoms with Gasteiger partial charge >= 0.3 is 0 Å². The van der Waals surface area contributed by atoms with Gasteiger partial charge < -0.3 is 9.32 Å². The van der Waals surface area contributed by atoms with Crippen LogP contribution in [0.15, 0.2) is 10.5 Å². The lowest BCUT2D eigenvalue weighted by Crippen LogP contribution is -2.34. The summed E-state index contributed by atoms with van der Waals surface area (Å²) in [6, 6.07) is 2.23. The first-order valence-corrected chi connectivity index (χ1v) is 10.4. The van der Waals surface area contributed by atoms with Gasteiger partial charge in [0.05, 0.1) is 12.2 Å². The fourth-order valence-corrected chi connectivity index (χ4v) is 4.35. The Morgan fingerprint density at radius 3 is 2.67 bits per heavy atom. The molecule has 2 aliphatic heterocycles. The van der Waals surface area contributed by atoms with Crippen LogP contribution >= 0.6 is 0 Å². The highest BCUT2D eigenvalue weighted by Gasteiger charge is 2.30. The summed E-state index contributed by atoms with van der Waals surface area (Å²) in [4.78, 5) is 14.3. The molecule has 7 heteroatoms. The Kier molecular flexibility index (Phi) is 4.55. The first-order valence-electron chi connectivity index (χ1n) is 10.4. The van der Waals surface area contributed by atoms with Gasteiger partial charge in [0.25, 0.3) is 0 Å². The monoisotopic (exact) mass is 368 g/mol. The molecular weight excluding hydrogens is 340 g/mol.